The minimum Gasteiger partial charge on any atom is -0.410 e. The van der Waals surface area contributed by atoms with Gasteiger partial charge >= 0.3 is 0 Å². The van der Waals surface area contributed by atoms with E-state index in [0.29, 0.717) is 10.1 Å². The summed E-state index contributed by atoms with van der Waals surface area (Å²) in [6.07, 6.45) is 0. The first-order valence-electron chi connectivity index (χ1n) is 5.20. The molecule has 7 heteroatoms. The van der Waals surface area contributed by atoms with Gasteiger partial charge < -0.3 is 5.21 Å². The predicted octanol–water partition coefficient (Wildman–Crippen LogP) is 4.07. The van der Waals surface area contributed by atoms with Crippen LogP contribution in [0.4, 0.5) is 5.69 Å². The standard InChI is InChI=1S/C11H12ClN3OS2/c1-11(2)9(15-16)17-10(18-11)14-13-8-5-3-7(12)4-6-8/h3-6,13,16H,1-2H3. The van der Waals surface area contributed by atoms with Crippen LogP contribution in [0.2, 0.25) is 5.02 Å². The molecule has 2 rings (SSSR count). The van der Waals surface area contributed by atoms with Crippen LogP contribution in [0.3, 0.4) is 0 Å². The van der Waals surface area contributed by atoms with E-state index in [9.17, 15) is 0 Å². The average molecular weight is 302 g/mol. The third-order valence-corrected chi connectivity index (χ3v) is 5.15. The summed E-state index contributed by atoms with van der Waals surface area (Å²) in [5, 5.41) is 17.8. The molecule has 1 aromatic rings. The number of halogens is 1. The average Bonchev–Trinajstić information content (AvgIpc) is 2.63. The normalized spacial score (nSPS) is 22.6. The molecule has 0 saturated carbocycles. The number of rotatable bonds is 2. The van der Waals surface area contributed by atoms with Crippen LogP contribution in [0.5, 0.6) is 0 Å². The van der Waals surface area contributed by atoms with E-state index in [4.69, 9.17) is 16.8 Å². The Hall–Kier alpha value is -0.850. The molecule has 0 aromatic heterocycles. The van der Waals surface area contributed by atoms with Gasteiger partial charge in [0, 0.05) is 5.02 Å². The summed E-state index contributed by atoms with van der Waals surface area (Å²) >= 11 is 8.72. The van der Waals surface area contributed by atoms with Crippen molar-refractivity contribution in [3.63, 3.8) is 0 Å². The van der Waals surface area contributed by atoms with E-state index in [1.165, 1.54) is 11.8 Å². The highest BCUT2D eigenvalue weighted by Crippen LogP contribution is 2.43. The molecule has 0 amide bonds. The van der Waals surface area contributed by atoms with Crippen LogP contribution in [0.15, 0.2) is 34.5 Å². The molecule has 1 saturated heterocycles. The first-order valence-corrected chi connectivity index (χ1v) is 7.21. The van der Waals surface area contributed by atoms with Crippen molar-refractivity contribution in [1.82, 2.24) is 0 Å². The van der Waals surface area contributed by atoms with Gasteiger partial charge in [-0.15, -0.1) is 0 Å². The Bertz CT molecular complexity index is 500. The smallest absolute Gasteiger partial charge is 0.157 e. The monoisotopic (exact) mass is 301 g/mol. The number of nitrogens with one attached hydrogen (secondary N) is 1. The number of hydrazone groups is 1. The Kier molecular flexibility index (Phi) is 4.09. The van der Waals surface area contributed by atoms with Crippen LogP contribution in [-0.2, 0) is 0 Å². The maximum atomic E-state index is 8.90. The van der Waals surface area contributed by atoms with E-state index in [0.717, 1.165) is 10.1 Å². The third-order valence-electron chi connectivity index (χ3n) is 2.25. The molecule has 1 aliphatic rings. The Balaban J connectivity index is 2.06. The molecule has 1 aliphatic heterocycles. The van der Waals surface area contributed by atoms with Crippen molar-refractivity contribution in [2.24, 2.45) is 10.3 Å². The Morgan fingerprint density at radius 2 is 1.94 bits per heavy atom. The lowest BCUT2D eigenvalue weighted by Gasteiger charge is -2.12. The fourth-order valence-corrected chi connectivity index (χ4v) is 3.91. The van der Waals surface area contributed by atoms with Crippen molar-refractivity contribution in [3.8, 4) is 0 Å². The van der Waals surface area contributed by atoms with Gasteiger partial charge in [0.1, 0.15) is 5.04 Å². The van der Waals surface area contributed by atoms with Crippen LogP contribution in [0.25, 0.3) is 0 Å². The molecular weight excluding hydrogens is 290 g/mol. The van der Waals surface area contributed by atoms with E-state index < -0.39 is 0 Å². The maximum absolute atomic E-state index is 8.90. The molecule has 1 heterocycles. The van der Waals surface area contributed by atoms with Crippen LogP contribution in [0, 0.1) is 0 Å². The number of hydrogen-bond donors (Lipinski definition) is 2. The zero-order valence-corrected chi connectivity index (χ0v) is 12.2. The van der Waals surface area contributed by atoms with Crippen molar-refractivity contribution in [1.29, 1.82) is 0 Å². The summed E-state index contributed by atoms with van der Waals surface area (Å²) in [5.74, 6) is 0. The number of benzene rings is 1. The van der Waals surface area contributed by atoms with Gasteiger partial charge in [0.15, 0.2) is 4.38 Å². The molecule has 18 heavy (non-hydrogen) atoms. The number of nitrogens with zero attached hydrogens (tertiary/aromatic N) is 2. The van der Waals surface area contributed by atoms with Gasteiger partial charge in [-0.2, -0.15) is 5.10 Å². The lowest BCUT2D eigenvalue weighted by atomic mass is 10.2. The van der Waals surface area contributed by atoms with Crippen molar-refractivity contribution in [3.05, 3.63) is 29.3 Å². The lowest BCUT2D eigenvalue weighted by molar-refractivity contribution is 0.319. The van der Waals surface area contributed by atoms with Crippen molar-refractivity contribution < 1.29 is 5.21 Å². The molecule has 0 bridgehead atoms. The van der Waals surface area contributed by atoms with E-state index in [2.05, 4.69) is 15.7 Å². The Morgan fingerprint density at radius 1 is 1.28 bits per heavy atom. The van der Waals surface area contributed by atoms with E-state index in [1.807, 2.05) is 26.0 Å². The summed E-state index contributed by atoms with van der Waals surface area (Å²) in [5.41, 5.74) is 3.81. The minimum absolute atomic E-state index is 0.236. The number of hydrogen-bond acceptors (Lipinski definition) is 6. The van der Waals surface area contributed by atoms with Gasteiger partial charge in [-0.1, -0.05) is 28.5 Å². The molecule has 96 valence electrons. The zero-order valence-electron chi connectivity index (χ0n) is 9.85. The number of oxime groups is 1. The molecule has 0 atom stereocenters. The molecular formula is C11H12ClN3OS2. The zero-order chi connectivity index (χ0) is 13.2. The Labute approximate surface area is 119 Å². The van der Waals surface area contributed by atoms with Gasteiger partial charge in [0.25, 0.3) is 0 Å². The molecule has 0 aliphatic carbocycles. The van der Waals surface area contributed by atoms with Crippen molar-refractivity contribution in [2.75, 3.05) is 5.43 Å². The number of anilines is 1. The van der Waals surface area contributed by atoms with Crippen LogP contribution in [0.1, 0.15) is 13.8 Å². The molecule has 2 N–H and O–H groups in total. The predicted molar refractivity (Wildman–Crippen MR) is 81.0 cm³/mol. The van der Waals surface area contributed by atoms with Crippen molar-refractivity contribution >= 4 is 50.2 Å². The van der Waals surface area contributed by atoms with E-state index in [1.54, 1.807) is 23.9 Å². The third kappa shape index (κ3) is 3.13. The van der Waals surface area contributed by atoms with Crippen LogP contribution in [-0.4, -0.2) is 19.4 Å². The molecule has 1 fully saturated rings. The highest BCUT2D eigenvalue weighted by atomic mass is 35.5. The largest absolute Gasteiger partial charge is 0.410 e. The summed E-state index contributed by atoms with van der Waals surface area (Å²) in [6, 6.07) is 7.29. The Morgan fingerprint density at radius 3 is 2.50 bits per heavy atom. The molecule has 0 spiro atoms. The molecule has 0 unspecified atom stereocenters. The van der Waals surface area contributed by atoms with E-state index >= 15 is 0 Å². The van der Waals surface area contributed by atoms with Gasteiger partial charge in [0.05, 0.1) is 10.4 Å². The first kappa shape index (κ1) is 13.6. The van der Waals surface area contributed by atoms with E-state index in [-0.39, 0.29) is 4.75 Å². The van der Waals surface area contributed by atoms with Crippen LogP contribution < -0.4 is 5.43 Å². The first-order chi connectivity index (χ1) is 8.51. The van der Waals surface area contributed by atoms with Gasteiger partial charge in [0.2, 0.25) is 0 Å². The minimum atomic E-state index is -0.236. The second-order valence-corrected chi connectivity index (χ2v) is 7.40. The fourth-order valence-electron chi connectivity index (χ4n) is 1.31. The SMILES string of the molecule is CC1(C)SC(=NNc2ccc(Cl)cc2)SC1=NO. The van der Waals surface area contributed by atoms with Gasteiger partial charge in [-0.3, -0.25) is 5.43 Å². The fraction of sp³-hybridized carbons (Fsp3) is 0.273. The van der Waals surface area contributed by atoms with Crippen LogP contribution >= 0.6 is 35.1 Å². The molecule has 4 nitrogen and oxygen atoms in total. The second-order valence-electron chi connectivity index (χ2n) is 4.12. The maximum Gasteiger partial charge on any atom is 0.157 e. The highest BCUT2D eigenvalue weighted by Gasteiger charge is 2.38. The topological polar surface area (TPSA) is 57.0 Å². The summed E-state index contributed by atoms with van der Waals surface area (Å²) < 4.78 is 0.586. The lowest BCUT2D eigenvalue weighted by Crippen LogP contribution is -2.19. The molecule has 1 aromatic carbocycles. The number of thioether (sulfide) groups is 2. The van der Waals surface area contributed by atoms with Gasteiger partial charge in [-0.25, -0.2) is 0 Å². The highest BCUT2D eigenvalue weighted by molar-refractivity contribution is 8.50. The van der Waals surface area contributed by atoms with Gasteiger partial charge in [-0.05, 0) is 49.9 Å². The summed E-state index contributed by atoms with van der Waals surface area (Å²) in [4.78, 5) is 0. The molecule has 0 radical (unpaired) electrons. The van der Waals surface area contributed by atoms with Crippen molar-refractivity contribution in [2.45, 2.75) is 18.6 Å². The quantitative estimate of drug-likeness (QED) is 0.638. The summed E-state index contributed by atoms with van der Waals surface area (Å²) in [7, 11) is 0. The summed E-state index contributed by atoms with van der Waals surface area (Å²) in [6.45, 7) is 3.98. The second kappa shape index (κ2) is 5.42.